The van der Waals surface area contributed by atoms with Gasteiger partial charge in [-0.05, 0) is 37.0 Å². The molecule has 0 aliphatic heterocycles. The van der Waals surface area contributed by atoms with Crippen LogP contribution in [0.3, 0.4) is 0 Å². The van der Waals surface area contributed by atoms with Crippen molar-refractivity contribution in [3.05, 3.63) is 41.0 Å². The van der Waals surface area contributed by atoms with Crippen LogP contribution in [0.15, 0.2) is 29.8 Å². The van der Waals surface area contributed by atoms with E-state index in [2.05, 4.69) is 13.0 Å². The second kappa shape index (κ2) is 6.09. The molecule has 0 aromatic heterocycles. The fraction of sp³-hybridized carbons (Fsp3) is 0.357. The zero-order chi connectivity index (χ0) is 12.8. The van der Waals surface area contributed by atoms with E-state index in [0.29, 0.717) is 6.42 Å². The lowest BCUT2D eigenvalue weighted by molar-refractivity contribution is -0.131. The first-order valence-electron chi connectivity index (χ1n) is 5.62. The number of allylic oxidation sites excluding steroid dienone is 1. The molecule has 0 aliphatic carbocycles. The second-order valence-corrected chi connectivity index (χ2v) is 4.01. The van der Waals surface area contributed by atoms with Crippen LogP contribution >= 0.6 is 0 Å². The van der Waals surface area contributed by atoms with Crippen LogP contribution in [0.25, 0.3) is 0 Å². The lowest BCUT2D eigenvalue weighted by Crippen LogP contribution is -1.97. The molecule has 0 bridgehead atoms. The van der Waals surface area contributed by atoms with Gasteiger partial charge in [0.2, 0.25) is 0 Å². The molecule has 0 unspecified atom stereocenters. The van der Waals surface area contributed by atoms with Gasteiger partial charge in [0, 0.05) is 6.08 Å². The molecular formula is C14H18O3. The van der Waals surface area contributed by atoms with Gasteiger partial charge in [-0.2, -0.15) is 0 Å². The van der Waals surface area contributed by atoms with Crippen LogP contribution in [0.5, 0.6) is 5.75 Å². The fourth-order valence-corrected chi connectivity index (χ4v) is 1.75. The van der Waals surface area contributed by atoms with Gasteiger partial charge >= 0.3 is 5.97 Å². The Bertz CT molecular complexity index is 433. The predicted octanol–water partition coefficient (Wildman–Crippen LogP) is 2.83. The number of aliphatic carboxylic acids is 1. The summed E-state index contributed by atoms with van der Waals surface area (Å²) in [5.41, 5.74) is 3.06. The van der Waals surface area contributed by atoms with Gasteiger partial charge in [0.25, 0.3) is 0 Å². The highest BCUT2D eigenvalue weighted by atomic mass is 16.5. The molecule has 3 heteroatoms. The number of hydrogen-bond donors (Lipinski definition) is 1. The van der Waals surface area contributed by atoms with Gasteiger partial charge in [0.05, 0.1) is 7.11 Å². The number of carbonyl (C=O) groups is 1. The van der Waals surface area contributed by atoms with Crippen molar-refractivity contribution in [1.82, 2.24) is 0 Å². The number of ether oxygens (including phenoxy) is 1. The third-order valence-electron chi connectivity index (χ3n) is 2.59. The average molecular weight is 234 g/mol. The molecule has 3 nitrogen and oxygen atoms in total. The average Bonchev–Trinajstić information content (AvgIpc) is 2.27. The molecule has 1 aromatic carbocycles. The Kier molecular flexibility index (Phi) is 4.76. The van der Waals surface area contributed by atoms with Crippen LogP contribution in [-0.4, -0.2) is 18.2 Å². The van der Waals surface area contributed by atoms with E-state index in [-0.39, 0.29) is 0 Å². The number of benzene rings is 1. The summed E-state index contributed by atoms with van der Waals surface area (Å²) < 4.78 is 5.28. The van der Waals surface area contributed by atoms with Crippen LogP contribution in [0.1, 0.15) is 25.0 Å². The molecule has 0 fully saturated rings. The van der Waals surface area contributed by atoms with Crippen molar-refractivity contribution in [1.29, 1.82) is 0 Å². The minimum absolute atomic E-state index is 0.601. The minimum atomic E-state index is -0.909. The smallest absolute Gasteiger partial charge is 0.328 e. The standard InChI is InChI=1S/C14H18O3/c1-4-11-5-6-13(17-3)12(9-11)7-10(2)8-14(15)16/h5-6,8-9H,4,7H2,1-3H3,(H,15,16)/b10-8+. The topological polar surface area (TPSA) is 46.5 Å². The summed E-state index contributed by atoms with van der Waals surface area (Å²) in [7, 11) is 1.63. The fourth-order valence-electron chi connectivity index (χ4n) is 1.75. The quantitative estimate of drug-likeness (QED) is 0.797. The largest absolute Gasteiger partial charge is 0.496 e. The Labute approximate surface area is 102 Å². The molecule has 17 heavy (non-hydrogen) atoms. The molecule has 0 aliphatic rings. The van der Waals surface area contributed by atoms with Gasteiger partial charge in [-0.15, -0.1) is 0 Å². The van der Waals surface area contributed by atoms with Gasteiger partial charge in [-0.1, -0.05) is 24.6 Å². The van der Waals surface area contributed by atoms with E-state index in [0.717, 1.165) is 23.3 Å². The number of hydrogen-bond acceptors (Lipinski definition) is 2. The summed E-state index contributed by atoms with van der Waals surface area (Å²) in [6, 6.07) is 6.03. The Balaban J connectivity index is 2.99. The maximum Gasteiger partial charge on any atom is 0.328 e. The second-order valence-electron chi connectivity index (χ2n) is 4.01. The zero-order valence-corrected chi connectivity index (χ0v) is 10.5. The Morgan fingerprint density at radius 1 is 1.47 bits per heavy atom. The van der Waals surface area contributed by atoms with E-state index >= 15 is 0 Å². The number of methoxy groups -OCH3 is 1. The van der Waals surface area contributed by atoms with Crippen molar-refractivity contribution in [2.75, 3.05) is 7.11 Å². The SMILES string of the molecule is CCc1ccc(OC)c(C/C(C)=C/C(=O)O)c1. The summed E-state index contributed by atoms with van der Waals surface area (Å²) in [6.07, 6.45) is 2.79. The van der Waals surface area contributed by atoms with Gasteiger partial charge in [-0.25, -0.2) is 4.79 Å². The van der Waals surface area contributed by atoms with E-state index in [1.54, 1.807) is 7.11 Å². The first kappa shape index (κ1) is 13.3. The molecule has 0 spiro atoms. The molecule has 1 aromatic rings. The molecule has 92 valence electrons. The van der Waals surface area contributed by atoms with Gasteiger partial charge < -0.3 is 9.84 Å². The molecule has 1 N–H and O–H groups in total. The maximum absolute atomic E-state index is 10.6. The molecule has 0 saturated heterocycles. The first-order chi connectivity index (χ1) is 8.06. The highest BCUT2D eigenvalue weighted by Crippen LogP contribution is 2.23. The summed E-state index contributed by atoms with van der Waals surface area (Å²) in [5.74, 6) is -0.103. The lowest BCUT2D eigenvalue weighted by Gasteiger charge is -2.10. The molecule has 1 rings (SSSR count). The Morgan fingerprint density at radius 2 is 2.18 bits per heavy atom. The lowest BCUT2D eigenvalue weighted by atomic mass is 10.0. The molecule has 0 saturated carbocycles. The Hall–Kier alpha value is -1.77. The molecular weight excluding hydrogens is 216 g/mol. The van der Waals surface area contributed by atoms with Gasteiger partial charge in [0.1, 0.15) is 5.75 Å². The van der Waals surface area contributed by atoms with E-state index in [1.165, 1.54) is 11.6 Å². The highest BCUT2D eigenvalue weighted by Gasteiger charge is 2.05. The monoisotopic (exact) mass is 234 g/mol. The molecule has 0 heterocycles. The van der Waals surface area contributed by atoms with Crippen LogP contribution < -0.4 is 4.74 Å². The zero-order valence-electron chi connectivity index (χ0n) is 10.5. The number of carboxylic acid groups (broad SMARTS) is 1. The summed E-state index contributed by atoms with van der Waals surface area (Å²) >= 11 is 0. The molecule has 0 atom stereocenters. The van der Waals surface area contributed by atoms with E-state index in [4.69, 9.17) is 9.84 Å². The van der Waals surface area contributed by atoms with E-state index < -0.39 is 5.97 Å². The van der Waals surface area contributed by atoms with Crippen molar-refractivity contribution in [2.45, 2.75) is 26.7 Å². The summed E-state index contributed by atoms with van der Waals surface area (Å²) in [6.45, 7) is 3.90. The third-order valence-corrected chi connectivity index (χ3v) is 2.59. The molecule has 0 radical (unpaired) electrons. The van der Waals surface area contributed by atoms with Crippen molar-refractivity contribution < 1.29 is 14.6 Å². The van der Waals surface area contributed by atoms with Crippen molar-refractivity contribution in [3.63, 3.8) is 0 Å². The summed E-state index contributed by atoms with van der Waals surface area (Å²) in [4.78, 5) is 10.6. The minimum Gasteiger partial charge on any atom is -0.496 e. The van der Waals surface area contributed by atoms with Crippen molar-refractivity contribution in [2.24, 2.45) is 0 Å². The normalized spacial score (nSPS) is 11.4. The van der Waals surface area contributed by atoms with Crippen LogP contribution in [0, 0.1) is 0 Å². The van der Waals surface area contributed by atoms with Crippen LogP contribution in [0.4, 0.5) is 0 Å². The van der Waals surface area contributed by atoms with Crippen molar-refractivity contribution in [3.8, 4) is 5.75 Å². The highest BCUT2D eigenvalue weighted by molar-refractivity contribution is 5.80. The third kappa shape index (κ3) is 3.94. The van der Waals surface area contributed by atoms with Gasteiger partial charge in [0.15, 0.2) is 0 Å². The Morgan fingerprint density at radius 3 is 2.71 bits per heavy atom. The molecule has 0 amide bonds. The number of carboxylic acids is 1. The number of rotatable bonds is 5. The first-order valence-corrected chi connectivity index (χ1v) is 5.62. The predicted molar refractivity (Wildman–Crippen MR) is 67.5 cm³/mol. The van der Waals surface area contributed by atoms with Crippen LogP contribution in [0.2, 0.25) is 0 Å². The van der Waals surface area contributed by atoms with Crippen LogP contribution in [-0.2, 0) is 17.6 Å². The maximum atomic E-state index is 10.6. The van der Waals surface area contributed by atoms with Gasteiger partial charge in [-0.3, -0.25) is 0 Å². The summed E-state index contributed by atoms with van der Waals surface area (Å²) in [5, 5.41) is 8.68. The number of aryl methyl sites for hydroxylation is 1. The van der Waals surface area contributed by atoms with E-state index in [9.17, 15) is 4.79 Å². The van der Waals surface area contributed by atoms with Crippen molar-refractivity contribution >= 4 is 5.97 Å². The van der Waals surface area contributed by atoms with E-state index in [1.807, 2.05) is 19.1 Å².